The summed E-state index contributed by atoms with van der Waals surface area (Å²) in [4.78, 5) is 13.0. The van der Waals surface area contributed by atoms with Crippen LogP contribution < -0.4 is 0 Å². The smallest absolute Gasteiger partial charge is 0.227 e. The number of carbonyl (C=O) groups is 1. The SMILES string of the molecule is CC1CC(C(=O)N(C)C)CO1. The first kappa shape index (κ1) is 8.53. The standard InChI is InChI=1S/C8H15NO2/c1-6-4-7(5-11-6)8(10)9(2)3/h6-7H,4-5H2,1-3H3. The first-order valence-corrected chi connectivity index (χ1v) is 3.94. The molecule has 1 aliphatic rings. The molecule has 11 heavy (non-hydrogen) atoms. The molecule has 0 radical (unpaired) electrons. The van der Waals surface area contributed by atoms with Crippen LogP contribution in [0.5, 0.6) is 0 Å². The molecule has 1 fully saturated rings. The van der Waals surface area contributed by atoms with Crippen LogP contribution >= 0.6 is 0 Å². The number of amides is 1. The lowest BCUT2D eigenvalue weighted by Gasteiger charge is -2.13. The van der Waals surface area contributed by atoms with Crippen LogP contribution in [0.3, 0.4) is 0 Å². The lowest BCUT2D eigenvalue weighted by Crippen LogP contribution is -2.29. The van der Waals surface area contributed by atoms with Gasteiger partial charge in [0.05, 0.1) is 18.6 Å². The number of hydrogen-bond acceptors (Lipinski definition) is 2. The van der Waals surface area contributed by atoms with E-state index in [2.05, 4.69) is 0 Å². The van der Waals surface area contributed by atoms with Gasteiger partial charge in [-0.15, -0.1) is 0 Å². The van der Waals surface area contributed by atoms with Crippen LogP contribution in [0.4, 0.5) is 0 Å². The van der Waals surface area contributed by atoms with E-state index in [0.717, 1.165) is 6.42 Å². The Bertz CT molecular complexity index is 156. The minimum absolute atomic E-state index is 0.0972. The van der Waals surface area contributed by atoms with Crippen molar-refractivity contribution in [1.82, 2.24) is 4.90 Å². The monoisotopic (exact) mass is 157 g/mol. The van der Waals surface area contributed by atoms with Crippen LogP contribution in [0.25, 0.3) is 0 Å². The predicted octanol–water partition coefficient (Wildman–Crippen LogP) is 0.500. The second-order valence-electron chi connectivity index (χ2n) is 3.31. The topological polar surface area (TPSA) is 29.5 Å². The van der Waals surface area contributed by atoms with Gasteiger partial charge in [0.15, 0.2) is 0 Å². The zero-order valence-electron chi connectivity index (χ0n) is 7.33. The van der Waals surface area contributed by atoms with E-state index in [4.69, 9.17) is 4.74 Å². The summed E-state index contributed by atoms with van der Waals surface area (Å²) in [5.41, 5.74) is 0. The minimum Gasteiger partial charge on any atom is -0.378 e. The zero-order chi connectivity index (χ0) is 8.43. The molecule has 0 aliphatic carbocycles. The zero-order valence-corrected chi connectivity index (χ0v) is 7.33. The predicted molar refractivity (Wildman–Crippen MR) is 42.2 cm³/mol. The average molecular weight is 157 g/mol. The van der Waals surface area contributed by atoms with Crippen molar-refractivity contribution in [3.05, 3.63) is 0 Å². The van der Waals surface area contributed by atoms with Crippen molar-refractivity contribution < 1.29 is 9.53 Å². The molecule has 1 aliphatic heterocycles. The van der Waals surface area contributed by atoms with Crippen LogP contribution in [0, 0.1) is 5.92 Å². The molecule has 0 aromatic heterocycles. The lowest BCUT2D eigenvalue weighted by molar-refractivity contribution is -0.132. The van der Waals surface area contributed by atoms with Gasteiger partial charge in [-0.2, -0.15) is 0 Å². The van der Waals surface area contributed by atoms with E-state index in [9.17, 15) is 4.79 Å². The van der Waals surface area contributed by atoms with Gasteiger partial charge in [-0.3, -0.25) is 4.79 Å². The fraction of sp³-hybridized carbons (Fsp3) is 0.875. The van der Waals surface area contributed by atoms with Gasteiger partial charge in [0.2, 0.25) is 5.91 Å². The van der Waals surface area contributed by atoms with E-state index in [1.807, 2.05) is 6.92 Å². The van der Waals surface area contributed by atoms with E-state index >= 15 is 0 Å². The van der Waals surface area contributed by atoms with Crippen molar-refractivity contribution in [3.8, 4) is 0 Å². The van der Waals surface area contributed by atoms with Gasteiger partial charge in [-0.1, -0.05) is 0 Å². The highest BCUT2D eigenvalue weighted by molar-refractivity contribution is 5.78. The highest BCUT2D eigenvalue weighted by atomic mass is 16.5. The Balaban J connectivity index is 2.43. The molecule has 3 nitrogen and oxygen atoms in total. The largest absolute Gasteiger partial charge is 0.378 e. The molecule has 0 spiro atoms. The first-order valence-electron chi connectivity index (χ1n) is 3.94. The van der Waals surface area contributed by atoms with Gasteiger partial charge in [0.1, 0.15) is 0 Å². The molecule has 2 atom stereocenters. The lowest BCUT2D eigenvalue weighted by atomic mass is 10.1. The maximum Gasteiger partial charge on any atom is 0.227 e. The van der Waals surface area contributed by atoms with Crippen molar-refractivity contribution in [3.63, 3.8) is 0 Å². The number of carbonyl (C=O) groups excluding carboxylic acids is 1. The van der Waals surface area contributed by atoms with Crippen molar-refractivity contribution in [2.45, 2.75) is 19.4 Å². The third kappa shape index (κ3) is 1.93. The van der Waals surface area contributed by atoms with Crippen molar-refractivity contribution >= 4 is 5.91 Å². The maximum absolute atomic E-state index is 11.3. The van der Waals surface area contributed by atoms with Crippen LogP contribution in [-0.2, 0) is 9.53 Å². The molecule has 0 bridgehead atoms. The van der Waals surface area contributed by atoms with Crippen LogP contribution in [0.15, 0.2) is 0 Å². The summed E-state index contributed by atoms with van der Waals surface area (Å²) in [5.74, 6) is 0.286. The Labute approximate surface area is 67.3 Å². The molecular weight excluding hydrogens is 142 g/mol. The number of rotatable bonds is 1. The summed E-state index contributed by atoms with van der Waals surface area (Å²) in [5, 5.41) is 0. The molecule has 0 saturated carbocycles. The van der Waals surface area contributed by atoms with Gasteiger partial charge in [0.25, 0.3) is 0 Å². The molecule has 1 saturated heterocycles. The number of hydrogen-bond donors (Lipinski definition) is 0. The number of nitrogens with zero attached hydrogens (tertiary/aromatic N) is 1. The van der Waals surface area contributed by atoms with Crippen LogP contribution in [-0.4, -0.2) is 37.6 Å². The Hall–Kier alpha value is -0.570. The van der Waals surface area contributed by atoms with E-state index in [-0.39, 0.29) is 17.9 Å². The molecule has 1 heterocycles. The Morgan fingerprint density at radius 2 is 2.18 bits per heavy atom. The summed E-state index contributed by atoms with van der Waals surface area (Å²) in [6, 6.07) is 0. The quantitative estimate of drug-likeness (QED) is 0.554. The van der Waals surface area contributed by atoms with E-state index in [1.165, 1.54) is 0 Å². The number of ether oxygens (including phenoxy) is 1. The molecule has 0 aromatic rings. The normalized spacial score (nSPS) is 30.5. The highest BCUT2D eigenvalue weighted by Gasteiger charge is 2.28. The first-order chi connectivity index (χ1) is 5.11. The average Bonchev–Trinajstić information content (AvgIpc) is 2.34. The van der Waals surface area contributed by atoms with Gasteiger partial charge in [0, 0.05) is 14.1 Å². The Morgan fingerprint density at radius 3 is 2.55 bits per heavy atom. The summed E-state index contributed by atoms with van der Waals surface area (Å²) in [6.45, 7) is 2.60. The molecule has 0 aromatic carbocycles. The molecule has 1 amide bonds. The Kier molecular flexibility index (Phi) is 2.49. The van der Waals surface area contributed by atoms with Crippen molar-refractivity contribution in [2.24, 2.45) is 5.92 Å². The van der Waals surface area contributed by atoms with E-state index < -0.39 is 0 Å². The fourth-order valence-corrected chi connectivity index (χ4v) is 1.35. The van der Waals surface area contributed by atoms with Gasteiger partial charge < -0.3 is 9.64 Å². The Morgan fingerprint density at radius 1 is 1.55 bits per heavy atom. The van der Waals surface area contributed by atoms with E-state index in [1.54, 1.807) is 19.0 Å². The van der Waals surface area contributed by atoms with Gasteiger partial charge in [-0.25, -0.2) is 0 Å². The van der Waals surface area contributed by atoms with Gasteiger partial charge >= 0.3 is 0 Å². The highest BCUT2D eigenvalue weighted by Crippen LogP contribution is 2.20. The van der Waals surface area contributed by atoms with Gasteiger partial charge in [-0.05, 0) is 13.3 Å². The van der Waals surface area contributed by atoms with Crippen molar-refractivity contribution in [1.29, 1.82) is 0 Å². The summed E-state index contributed by atoms with van der Waals surface area (Å²) < 4.78 is 5.29. The summed E-state index contributed by atoms with van der Waals surface area (Å²) in [7, 11) is 3.57. The summed E-state index contributed by atoms with van der Waals surface area (Å²) in [6.07, 6.45) is 1.13. The minimum atomic E-state index is 0.0972. The van der Waals surface area contributed by atoms with Crippen molar-refractivity contribution in [2.75, 3.05) is 20.7 Å². The molecule has 2 unspecified atom stereocenters. The molecule has 1 rings (SSSR count). The maximum atomic E-state index is 11.3. The van der Waals surface area contributed by atoms with Crippen LogP contribution in [0.2, 0.25) is 0 Å². The molecule has 64 valence electrons. The third-order valence-corrected chi connectivity index (χ3v) is 1.99. The molecular formula is C8H15NO2. The van der Waals surface area contributed by atoms with Crippen LogP contribution in [0.1, 0.15) is 13.3 Å². The third-order valence-electron chi connectivity index (χ3n) is 1.99. The second kappa shape index (κ2) is 3.22. The van der Waals surface area contributed by atoms with E-state index in [0.29, 0.717) is 6.61 Å². The fourth-order valence-electron chi connectivity index (χ4n) is 1.35. The molecule has 0 N–H and O–H groups in total. The summed E-state index contributed by atoms with van der Waals surface area (Å²) >= 11 is 0. The second-order valence-corrected chi connectivity index (χ2v) is 3.31. The molecule has 3 heteroatoms.